The van der Waals surface area contributed by atoms with Gasteiger partial charge in [0.1, 0.15) is 11.4 Å². The lowest BCUT2D eigenvalue weighted by Gasteiger charge is -2.30. The van der Waals surface area contributed by atoms with E-state index in [4.69, 9.17) is 0 Å². The number of hydrogen-bond acceptors (Lipinski definition) is 3. The van der Waals surface area contributed by atoms with E-state index in [1.54, 1.807) is 28.0 Å². The predicted octanol–water partition coefficient (Wildman–Crippen LogP) is 4.27. The van der Waals surface area contributed by atoms with Crippen LogP contribution in [0, 0.1) is 0 Å². The molecule has 0 spiro atoms. The molecular formula is C25H23N3O2. The number of carbonyl (C=O) groups excluding carboxylic acids is 2. The molecular weight excluding hydrogens is 374 g/mol. The van der Waals surface area contributed by atoms with Crippen LogP contribution in [0.3, 0.4) is 0 Å². The molecule has 3 aromatic rings. The molecule has 0 saturated carbocycles. The van der Waals surface area contributed by atoms with Crippen LogP contribution in [0.5, 0.6) is 0 Å². The van der Waals surface area contributed by atoms with Gasteiger partial charge in [0.25, 0.3) is 11.8 Å². The van der Waals surface area contributed by atoms with Crippen LogP contribution >= 0.6 is 0 Å². The second-order valence-electron chi connectivity index (χ2n) is 7.79. The summed E-state index contributed by atoms with van der Waals surface area (Å²) in [6, 6.07) is 21.1. The van der Waals surface area contributed by atoms with Gasteiger partial charge in [0.05, 0.1) is 0 Å². The molecule has 2 aliphatic heterocycles. The van der Waals surface area contributed by atoms with Gasteiger partial charge >= 0.3 is 0 Å². The van der Waals surface area contributed by atoms with E-state index in [1.807, 2.05) is 36.4 Å². The van der Waals surface area contributed by atoms with E-state index in [0.717, 1.165) is 37.1 Å². The molecule has 0 atom stereocenters. The normalized spacial score (nSPS) is 15.3. The summed E-state index contributed by atoms with van der Waals surface area (Å²) in [6.45, 7) is 1.32. The number of anilines is 2. The Morgan fingerprint density at radius 2 is 1.10 bits per heavy atom. The summed E-state index contributed by atoms with van der Waals surface area (Å²) in [6.07, 6.45) is 3.79. The predicted molar refractivity (Wildman–Crippen MR) is 117 cm³/mol. The molecule has 0 unspecified atom stereocenters. The maximum Gasteiger partial charge on any atom is 0.276 e. The Morgan fingerprint density at radius 1 is 0.633 bits per heavy atom. The lowest BCUT2D eigenvalue weighted by molar-refractivity contribution is 0.0976. The van der Waals surface area contributed by atoms with Gasteiger partial charge in [-0.05, 0) is 61.1 Å². The largest absolute Gasteiger partial charge is 0.307 e. The number of benzene rings is 2. The minimum atomic E-state index is -0.157. The third-order valence-electron chi connectivity index (χ3n) is 5.90. The number of nitrogens with zero attached hydrogens (tertiary/aromatic N) is 3. The van der Waals surface area contributed by atoms with Crippen LogP contribution in [0.4, 0.5) is 11.4 Å². The second kappa shape index (κ2) is 7.75. The molecule has 2 aromatic carbocycles. The first-order valence-electron chi connectivity index (χ1n) is 10.5. The first-order valence-corrected chi connectivity index (χ1v) is 10.5. The topological polar surface area (TPSA) is 53.5 Å². The summed E-state index contributed by atoms with van der Waals surface area (Å²) in [5, 5.41) is 0. The van der Waals surface area contributed by atoms with Crippen molar-refractivity contribution in [1.82, 2.24) is 4.98 Å². The fraction of sp³-hybridized carbons (Fsp3) is 0.240. The van der Waals surface area contributed by atoms with Crippen molar-refractivity contribution >= 4 is 23.2 Å². The third kappa shape index (κ3) is 3.26. The van der Waals surface area contributed by atoms with Crippen molar-refractivity contribution in [3.8, 4) is 0 Å². The number of rotatable bonds is 2. The van der Waals surface area contributed by atoms with Gasteiger partial charge in [-0.1, -0.05) is 42.5 Å². The molecule has 1 aromatic heterocycles. The molecule has 5 nitrogen and oxygen atoms in total. The van der Waals surface area contributed by atoms with Gasteiger partial charge < -0.3 is 9.80 Å². The summed E-state index contributed by atoms with van der Waals surface area (Å²) in [5.74, 6) is -0.313. The van der Waals surface area contributed by atoms with E-state index in [1.165, 1.54) is 11.1 Å². The van der Waals surface area contributed by atoms with Crippen LogP contribution in [-0.4, -0.2) is 29.9 Å². The minimum absolute atomic E-state index is 0.157. The maximum atomic E-state index is 13.3. The van der Waals surface area contributed by atoms with E-state index in [0.29, 0.717) is 24.5 Å². The standard InChI is InChI=1S/C25H23N3O2/c29-24(27-16-6-10-18-8-1-3-14-22(18)27)20-12-5-13-21(26-20)25(30)28-17-7-11-19-9-2-4-15-23(19)28/h1-5,8-9,12-15H,6-7,10-11,16-17H2. The minimum Gasteiger partial charge on any atom is -0.307 e. The summed E-state index contributed by atoms with van der Waals surface area (Å²) < 4.78 is 0. The molecule has 5 rings (SSSR count). The lowest BCUT2D eigenvalue weighted by atomic mass is 10.0. The molecule has 2 aliphatic rings. The number of fused-ring (bicyclic) bond motifs is 2. The van der Waals surface area contributed by atoms with Crippen LogP contribution in [0.2, 0.25) is 0 Å². The van der Waals surface area contributed by atoms with Gasteiger partial charge in [0.15, 0.2) is 0 Å². The number of amides is 2. The number of para-hydroxylation sites is 2. The van der Waals surface area contributed by atoms with Crippen molar-refractivity contribution in [3.05, 3.63) is 89.2 Å². The van der Waals surface area contributed by atoms with Crippen LogP contribution in [-0.2, 0) is 12.8 Å². The third-order valence-corrected chi connectivity index (χ3v) is 5.90. The Kier molecular flexibility index (Phi) is 4.79. The van der Waals surface area contributed by atoms with E-state index < -0.39 is 0 Å². The average Bonchev–Trinajstić information content (AvgIpc) is 2.82. The van der Waals surface area contributed by atoms with E-state index in [2.05, 4.69) is 17.1 Å². The highest BCUT2D eigenvalue weighted by atomic mass is 16.2. The summed E-state index contributed by atoms with van der Waals surface area (Å²) in [4.78, 5) is 34.6. The molecule has 150 valence electrons. The van der Waals surface area contributed by atoms with Crippen LogP contribution in [0.25, 0.3) is 0 Å². The fourth-order valence-corrected chi connectivity index (χ4v) is 4.44. The van der Waals surface area contributed by atoms with E-state index >= 15 is 0 Å². The van der Waals surface area contributed by atoms with Crippen LogP contribution in [0.15, 0.2) is 66.7 Å². The summed E-state index contributed by atoms with van der Waals surface area (Å²) >= 11 is 0. The van der Waals surface area contributed by atoms with Crippen LogP contribution < -0.4 is 9.80 Å². The summed E-state index contributed by atoms with van der Waals surface area (Å²) in [7, 11) is 0. The molecule has 5 heteroatoms. The average molecular weight is 397 g/mol. The van der Waals surface area contributed by atoms with Crippen molar-refractivity contribution in [3.63, 3.8) is 0 Å². The SMILES string of the molecule is O=C(c1cccc(C(=O)N2CCCc3ccccc32)n1)N1CCCc2ccccc21. The zero-order chi connectivity index (χ0) is 20.5. The van der Waals surface area contributed by atoms with Gasteiger partial charge in [0.2, 0.25) is 0 Å². The maximum absolute atomic E-state index is 13.3. The molecule has 0 N–H and O–H groups in total. The Labute approximate surface area is 176 Å². The zero-order valence-corrected chi connectivity index (χ0v) is 16.8. The van der Waals surface area contributed by atoms with Gasteiger partial charge in [-0.3, -0.25) is 9.59 Å². The van der Waals surface area contributed by atoms with E-state index in [-0.39, 0.29) is 11.8 Å². The van der Waals surface area contributed by atoms with Crippen molar-refractivity contribution < 1.29 is 9.59 Å². The van der Waals surface area contributed by atoms with Crippen molar-refractivity contribution in [1.29, 1.82) is 0 Å². The Balaban J connectivity index is 1.44. The van der Waals surface area contributed by atoms with Gasteiger partial charge in [0, 0.05) is 24.5 Å². The smallest absolute Gasteiger partial charge is 0.276 e. The van der Waals surface area contributed by atoms with E-state index in [9.17, 15) is 9.59 Å². The Hall–Kier alpha value is -3.47. The molecule has 30 heavy (non-hydrogen) atoms. The molecule has 0 radical (unpaired) electrons. The Bertz CT molecular complexity index is 1040. The lowest BCUT2D eigenvalue weighted by Crippen LogP contribution is -2.38. The number of aromatic nitrogens is 1. The highest BCUT2D eigenvalue weighted by Gasteiger charge is 2.27. The van der Waals surface area contributed by atoms with Crippen molar-refractivity contribution in [2.75, 3.05) is 22.9 Å². The van der Waals surface area contributed by atoms with Gasteiger partial charge in [-0.25, -0.2) is 4.98 Å². The molecule has 0 bridgehead atoms. The van der Waals surface area contributed by atoms with Crippen molar-refractivity contribution in [2.45, 2.75) is 25.7 Å². The molecule has 0 aliphatic carbocycles. The molecule has 2 amide bonds. The quantitative estimate of drug-likeness (QED) is 0.649. The number of aryl methyl sites for hydroxylation is 2. The second-order valence-corrected chi connectivity index (χ2v) is 7.79. The Morgan fingerprint density at radius 3 is 1.60 bits per heavy atom. The number of carbonyl (C=O) groups is 2. The first-order chi connectivity index (χ1) is 14.7. The highest BCUT2D eigenvalue weighted by molar-refractivity contribution is 6.08. The zero-order valence-electron chi connectivity index (χ0n) is 16.8. The summed E-state index contributed by atoms with van der Waals surface area (Å²) in [5.41, 5.74) is 4.85. The fourth-order valence-electron chi connectivity index (χ4n) is 4.44. The highest BCUT2D eigenvalue weighted by Crippen LogP contribution is 2.29. The van der Waals surface area contributed by atoms with Gasteiger partial charge in [-0.2, -0.15) is 0 Å². The van der Waals surface area contributed by atoms with Crippen molar-refractivity contribution in [2.24, 2.45) is 0 Å². The molecule has 3 heterocycles. The molecule has 0 saturated heterocycles. The number of pyridine rings is 1. The van der Waals surface area contributed by atoms with Gasteiger partial charge in [-0.15, -0.1) is 0 Å². The number of hydrogen-bond donors (Lipinski definition) is 0. The first kappa shape index (κ1) is 18.6. The molecule has 0 fully saturated rings. The monoisotopic (exact) mass is 397 g/mol. The van der Waals surface area contributed by atoms with Crippen LogP contribution in [0.1, 0.15) is 44.9 Å².